The molecule has 206 valence electrons. The number of anilines is 2. The summed E-state index contributed by atoms with van der Waals surface area (Å²) in [7, 11) is 1.23. The lowest BCUT2D eigenvalue weighted by Crippen LogP contribution is -2.63. The fourth-order valence-electron chi connectivity index (χ4n) is 4.96. The van der Waals surface area contributed by atoms with Gasteiger partial charge in [-0.3, -0.25) is 4.98 Å². The molecule has 4 heterocycles. The summed E-state index contributed by atoms with van der Waals surface area (Å²) in [6.07, 6.45) is 0.138. The average molecular weight is 547 g/mol. The molecule has 0 bridgehead atoms. The van der Waals surface area contributed by atoms with E-state index in [1.54, 1.807) is 17.2 Å². The van der Waals surface area contributed by atoms with Crippen molar-refractivity contribution < 1.29 is 27.4 Å². The van der Waals surface area contributed by atoms with Gasteiger partial charge in [-0.2, -0.15) is 9.61 Å². The maximum absolute atomic E-state index is 14.9. The highest BCUT2D eigenvalue weighted by molar-refractivity contribution is 5.67. The summed E-state index contributed by atoms with van der Waals surface area (Å²) in [4.78, 5) is 14.3. The Morgan fingerprint density at radius 2 is 1.90 bits per heavy atom. The minimum Gasteiger partial charge on any atom is -0.494 e. The van der Waals surface area contributed by atoms with Crippen molar-refractivity contribution in [1.29, 1.82) is 0 Å². The molecule has 3 aromatic heterocycles. The second kappa shape index (κ2) is 10.3. The summed E-state index contributed by atoms with van der Waals surface area (Å²) in [5.74, 6) is -1.62. The number of aliphatic hydroxyl groups is 1. The lowest BCUT2D eigenvalue weighted by molar-refractivity contribution is -0.0529. The molecule has 1 saturated heterocycles. The number of ether oxygens (including phenoxy) is 1. The number of halogens is 4. The summed E-state index contributed by atoms with van der Waals surface area (Å²) < 4.78 is 62.4. The number of pyridine rings is 1. The van der Waals surface area contributed by atoms with Gasteiger partial charge < -0.3 is 26.2 Å². The summed E-state index contributed by atoms with van der Waals surface area (Å²) in [6, 6.07) is 3.52. The SMILES string of the molecule is COc1cc(F)c(-c2cc(Cc3cnn4c(N)ncnc34)c(N3CCC[C@](N)([C@H](O)C(F)F)C3)cn2)cc1F. The van der Waals surface area contributed by atoms with Gasteiger partial charge in [0, 0.05) is 36.7 Å². The van der Waals surface area contributed by atoms with Gasteiger partial charge in [-0.1, -0.05) is 0 Å². The quantitative estimate of drug-likeness (QED) is 0.298. The van der Waals surface area contributed by atoms with E-state index in [0.29, 0.717) is 35.4 Å². The summed E-state index contributed by atoms with van der Waals surface area (Å²) in [6.45, 7) is 0.389. The Kier molecular flexibility index (Phi) is 6.99. The zero-order valence-electron chi connectivity index (χ0n) is 20.9. The molecule has 0 saturated carbocycles. The molecule has 10 nitrogen and oxygen atoms in total. The van der Waals surface area contributed by atoms with Gasteiger partial charge in [0.25, 0.3) is 6.43 Å². The maximum Gasteiger partial charge on any atom is 0.265 e. The number of nitrogens with zero attached hydrogens (tertiary/aromatic N) is 6. The van der Waals surface area contributed by atoms with Crippen molar-refractivity contribution in [3.05, 3.63) is 59.7 Å². The Labute approximate surface area is 220 Å². The van der Waals surface area contributed by atoms with Crippen molar-refractivity contribution in [2.24, 2.45) is 5.73 Å². The molecular weight excluding hydrogens is 520 g/mol. The monoisotopic (exact) mass is 546 g/mol. The molecule has 1 aromatic carbocycles. The van der Waals surface area contributed by atoms with E-state index in [0.717, 1.165) is 12.1 Å². The first-order valence-electron chi connectivity index (χ1n) is 12.1. The molecule has 0 radical (unpaired) electrons. The van der Waals surface area contributed by atoms with Gasteiger partial charge in [0.1, 0.15) is 18.2 Å². The van der Waals surface area contributed by atoms with E-state index in [2.05, 4.69) is 20.1 Å². The van der Waals surface area contributed by atoms with Gasteiger partial charge in [-0.05, 0) is 30.5 Å². The highest BCUT2D eigenvalue weighted by Gasteiger charge is 2.43. The fraction of sp³-hybridized carbons (Fsp3) is 0.360. The number of nitrogens with two attached hydrogens (primary N) is 2. The van der Waals surface area contributed by atoms with E-state index in [9.17, 15) is 22.7 Å². The molecule has 0 unspecified atom stereocenters. The lowest BCUT2D eigenvalue weighted by atomic mass is 9.84. The zero-order chi connectivity index (χ0) is 27.9. The molecule has 5 rings (SSSR count). The van der Waals surface area contributed by atoms with Crippen LogP contribution in [0.4, 0.5) is 29.2 Å². The summed E-state index contributed by atoms with van der Waals surface area (Å²) in [5, 5.41) is 14.4. The number of rotatable bonds is 7. The van der Waals surface area contributed by atoms with Gasteiger partial charge >= 0.3 is 0 Å². The first kappa shape index (κ1) is 26.6. The zero-order valence-corrected chi connectivity index (χ0v) is 20.9. The summed E-state index contributed by atoms with van der Waals surface area (Å²) in [5.41, 5.74) is 12.9. The number of fused-ring (bicyclic) bond motifs is 1. The van der Waals surface area contributed by atoms with E-state index in [-0.39, 0.29) is 42.3 Å². The maximum atomic E-state index is 14.9. The van der Waals surface area contributed by atoms with E-state index in [4.69, 9.17) is 16.2 Å². The molecule has 4 aromatic rings. The van der Waals surface area contributed by atoms with E-state index >= 15 is 0 Å². The van der Waals surface area contributed by atoms with Gasteiger partial charge in [-0.25, -0.2) is 27.5 Å². The number of hydrogen-bond donors (Lipinski definition) is 3. The number of aromatic nitrogens is 5. The molecule has 0 aliphatic carbocycles. The molecule has 0 spiro atoms. The second-order valence-electron chi connectivity index (χ2n) is 9.52. The van der Waals surface area contributed by atoms with Crippen LogP contribution >= 0.6 is 0 Å². The van der Waals surface area contributed by atoms with Crippen molar-refractivity contribution in [3.8, 4) is 17.0 Å². The van der Waals surface area contributed by atoms with Crippen molar-refractivity contribution in [2.45, 2.75) is 37.3 Å². The molecule has 0 amide bonds. The van der Waals surface area contributed by atoms with Crippen LogP contribution in [0.2, 0.25) is 0 Å². The van der Waals surface area contributed by atoms with Crippen molar-refractivity contribution in [1.82, 2.24) is 24.6 Å². The van der Waals surface area contributed by atoms with Crippen LogP contribution in [0.1, 0.15) is 24.0 Å². The Morgan fingerprint density at radius 1 is 1.10 bits per heavy atom. The van der Waals surface area contributed by atoms with E-state index in [1.165, 1.54) is 24.1 Å². The molecule has 2 atom stereocenters. The smallest absolute Gasteiger partial charge is 0.265 e. The number of alkyl halides is 2. The van der Waals surface area contributed by atoms with Crippen LogP contribution in [0, 0.1) is 11.6 Å². The van der Waals surface area contributed by atoms with E-state index < -0.39 is 29.7 Å². The number of methoxy groups -OCH3 is 1. The van der Waals surface area contributed by atoms with Gasteiger partial charge in [-0.15, -0.1) is 0 Å². The van der Waals surface area contributed by atoms with Crippen molar-refractivity contribution in [3.63, 3.8) is 0 Å². The predicted octanol–water partition coefficient (Wildman–Crippen LogP) is 2.57. The summed E-state index contributed by atoms with van der Waals surface area (Å²) >= 11 is 0. The molecule has 1 fully saturated rings. The topological polar surface area (TPSA) is 141 Å². The van der Waals surface area contributed by atoms with Crippen LogP contribution < -0.4 is 21.1 Å². The Bertz CT molecular complexity index is 1520. The number of nitrogen functional groups attached to an aromatic ring is 1. The highest BCUT2D eigenvalue weighted by atomic mass is 19.3. The fourth-order valence-corrected chi connectivity index (χ4v) is 4.96. The van der Waals surface area contributed by atoms with Gasteiger partial charge in [0.15, 0.2) is 17.2 Å². The number of piperidine rings is 1. The molecule has 14 heteroatoms. The molecule has 1 aliphatic heterocycles. The molecule has 1 aliphatic rings. The van der Waals surface area contributed by atoms with Crippen molar-refractivity contribution >= 4 is 17.3 Å². The largest absolute Gasteiger partial charge is 0.494 e. The standard InChI is InChI=1S/C25H26F4N8O2/c1-39-20-8-16(26)15(7-17(20)27)18-6-13(5-14-9-35-37-23(14)33-12-34-24(37)30)19(10-32-18)36-4-2-3-25(31,11-36)21(38)22(28)29/h6-10,12,21-22,38H,2-5,11,31H2,1H3,(H2,30,33,34)/t21-,25-/m1/s1. The van der Waals surface area contributed by atoms with Crippen LogP contribution in [-0.4, -0.2) is 67.9 Å². The van der Waals surface area contributed by atoms with Gasteiger partial charge in [0.2, 0.25) is 5.95 Å². The third kappa shape index (κ3) is 4.92. The molecule has 39 heavy (non-hydrogen) atoms. The minimum atomic E-state index is -3.01. The highest BCUT2D eigenvalue weighted by Crippen LogP contribution is 2.35. The average Bonchev–Trinajstić information content (AvgIpc) is 3.33. The number of hydrogen-bond acceptors (Lipinski definition) is 9. The van der Waals surface area contributed by atoms with Crippen LogP contribution in [0.3, 0.4) is 0 Å². The van der Waals surface area contributed by atoms with Crippen LogP contribution in [0.25, 0.3) is 16.9 Å². The first-order valence-corrected chi connectivity index (χ1v) is 12.1. The number of aliphatic hydroxyl groups excluding tert-OH is 1. The second-order valence-corrected chi connectivity index (χ2v) is 9.52. The minimum absolute atomic E-state index is 0.0675. The lowest BCUT2D eigenvalue weighted by Gasteiger charge is -2.44. The van der Waals surface area contributed by atoms with Crippen LogP contribution in [0.15, 0.2) is 36.9 Å². The number of benzene rings is 1. The first-order chi connectivity index (χ1) is 18.6. The van der Waals surface area contributed by atoms with Gasteiger partial charge in [0.05, 0.1) is 36.4 Å². The third-order valence-corrected chi connectivity index (χ3v) is 6.99. The van der Waals surface area contributed by atoms with Crippen LogP contribution in [0.5, 0.6) is 5.75 Å². The van der Waals surface area contributed by atoms with Crippen LogP contribution in [-0.2, 0) is 6.42 Å². The Hall–Kier alpha value is -4.04. The predicted molar refractivity (Wildman–Crippen MR) is 135 cm³/mol. The molecule has 5 N–H and O–H groups in total. The normalized spacial score (nSPS) is 18.6. The van der Waals surface area contributed by atoms with E-state index in [1.807, 2.05) is 0 Å². The molecular formula is C25H26F4N8O2. The van der Waals surface area contributed by atoms with Crippen molar-refractivity contribution in [2.75, 3.05) is 30.8 Å². The Balaban J connectivity index is 1.60. The third-order valence-electron chi connectivity index (χ3n) is 6.99. The Morgan fingerprint density at radius 3 is 2.64 bits per heavy atom.